The number of amides is 1. The Kier molecular flexibility index (Phi) is 6.89. The fraction of sp³-hybridized carbons (Fsp3) is 0.276. The molecule has 4 aromatic rings. The summed E-state index contributed by atoms with van der Waals surface area (Å²) >= 11 is 0. The lowest BCUT2D eigenvalue weighted by molar-refractivity contribution is 0.0667. The van der Waals surface area contributed by atoms with Crippen LogP contribution in [0.5, 0.6) is 11.5 Å². The van der Waals surface area contributed by atoms with Gasteiger partial charge in [-0.1, -0.05) is 24.3 Å². The van der Waals surface area contributed by atoms with Gasteiger partial charge in [0, 0.05) is 30.9 Å². The number of para-hydroxylation sites is 1. The Morgan fingerprint density at radius 3 is 2.80 bits per heavy atom. The maximum atomic E-state index is 13.6. The van der Waals surface area contributed by atoms with Crippen LogP contribution in [-0.4, -0.2) is 41.0 Å². The van der Waals surface area contributed by atoms with Crippen molar-refractivity contribution in [2.45, 2.75) is 25.9 Å². The van der Waals surface area contributed by atoms with Crippen molar-refractivity contribution in [1.82, 2.24) is 14.9 Å². The van der Waals surface area contributed by atoms with Crippen LogP contribution in [-0.2, 0) is 13.0 Å². The molecule has 6 nitrogen and oxygen atoms in total. The van der Waals surface area contributed by atoms with E-state index in [2.05, 4.69) is 34.2 Å². The van der Waals surface area contributed by atoms with Gasteiger partial charge in [0.1, 0.15) is 6.61 Å². The van der Waals surface area contributed by atoms with Gasteiger partial charge in [0.05, 0.1) is 23.9 Å². The molecule has 1 aliphatic rings. The van der Waals surface area contributed by atoms with Gasteiger partial charge < -0.3 is 14.4 Å². The van der Waals surface area contributed by atoms with Crippen molar-refractivity contribution in [3.05, 3.63) is 95.9 Å². The molecule has 6 heteroatoms. The Hall–Kier alpha value is -3.93. The minimum atomic E-state index is -0.0210. The predicted molar refractivity (Wildman–Crippen MR) is 136 cm³/mol. The van der Waals surface area contributed by atoms with E-state index in [1.165, 1.54) is 5.56 Å². The van der Waals surface area contributed by atoms with E-state index in [0.717, 1.165) is 48.9 Å². The van der Waals surface area contributed by atoms with Gasteiger partial charge in [-0.15, -0.1) is 0 Å². The first-order valence-electron chi connectivity index (χ1n) is 12.0. The number of methoxy groups -OCH3 is 1. The number of likely N-dealkylation sites (tertiary alicyclic amines) is 1. The van der Waals surface area contributed by atoms with Crippen molar-refractivity contribution in [2.75, 3.05) is 20.2 Å². The van der Waals surface area contributed by atoms with E-state index in [0.29, 0.717) is 23.0 Å². The van der Waals surface area contributed by atoms with Gasteiger partial charge in [-0.2, -0.15) is 0 Å². The number of nitrogens with zero attached hydrogens (tertiary/aromatic N) is 3. The fourth-order valence-electron chi connectivity index (χ4n) is 4.80. The van der Waals surface area contributed by atoms with E-state index in [4.69, 9.17) is 9.47 Å². The van der Waals surface area contributed by atoms with E-state index in [1.807, 2.05) is 53.6 Å². The molecule has 0 spiro atoms. The number of pyridine rings is 2. The molecule has 178 valence electrons. The lowest BCUT2D eigenvalue weighted by Gasteiger charge is -2.33. The summed E-state index contributed by atoms with van der Waals surface area (Å²) in [4.78, 5) is 24.3. The van der Waals surface area contributed by atoms with Crippen LogP contribution in [0.25, 0.3) is 10.9 Å². The third-order valence-electron chi connectivity index (χ3n) is 6.52. The molecule has 35 heavy (non-hydrogen) atoms. The minimum Gasteiger partial charge on any atom is -0.493 e. The Balaban J connectivity index is 1.31. The second-order valence-electron chi connectivity index (χ2n) is 8.94. The van der Waals surface area contributed by atoms with Crippen LogP contribution in [0.15, 0.2) is 79.1 Å². The Labute approximate surface area is 205 Å². The number of carbonyl (C=O) groups is 1. The molecule has 0 N–H and O–H groups in total. The number of carbonyl (C=O) groups excluding carboxylic acids is 1. The first-order valence-corrected chi connectivity index (χ1v) is 12.0. The molecule has 2 aromatic heterocycles. The highest BCUT2D eigenvalue weighted by molar-refractivity contribution is 5.98. The number of hydrogen-bond donors (Lipinski definition) is 0. The van der Waals surface area contributed by atoms with E-state index >= 15 is 0 Å². The summed E-state index contributed by atoms with van der Waals surface area (Å²) in [5.41, 5.74) is 3.61. The topological polar surface area (TPSA) is 64.5 Å². The molecule has 0 radical (unpaired) electrons. The standard InChI is InChI=1S/C29H29N3O3/c1-34-27-11-4-10-25(28(27)35-20-24-9-2-3-14-30-24)29(33)32-16-6-7-22(19-32)17-21-12-13-26-23(18-21)8-5-15-31-26/h2-5,8-15,18,22H,6-7,16-17,19-20H2,1H3. The average Bonchev–Trinajstić information content (AvgIpc) is 2.92. The summed E-state index contributed by atoms with van der Waals surface area (Å²) < 4.78 is 11.6. The van der Waals surface area contributed by atoms with Crippen LogP contribution in [0.4, 0.5) is 0 Å². The van der Waals surface area contributed by atoms with E-state index in [1.54, 1.807) is 13.3 Å². The second kappa shape index (κ2) is 10.6. The van der Waals surface area contributed by atoms with Crippen LogP contribution in [0.3, 0.4) is 0 Å². The number of rotatable bonds is 7. The van der Waals surface area contributed by atoms with Crippen molar-refractivity contribution < 1.29 is 14.3 Å². The molecule has 0 aliphatic carbocycles. The number of aromatic nitrogens is 2. The zero-order chi connectivity index (χ0) is 24.0. The third kappa shape index (κ3) is 5.27. The first kappa shape index (κ1) is 22.8. The summed E-state index contributed by atoms with van der Waals surface area (Å²) in [6, 6.07) is 21.7. The number of ether oxygens (including phenoxy) is 2. The van der Waals surface area contributed by atoms with Crippen LogP contribution >= 0.6 is 0 Å². The second-order valence-corrected chi connectivity index (χ2v) is 8.94. The predicted octanol–water partition coefficient (Wildman–Crippen LogP) is 5.31. The normalized spacial score (nSPS) is 15.7. The number of hydrogen-bond acceptors (Lipinski definition) is 5. The van der Waals surface area contributed by atoms with Gasteiger partial charge in [0.25, 0.3) is 5.91 Å². The zero-order valence-electron chi connectivity index (χ0n) is 19.9. The highest BCUT2D eigenvalue weighted by atomic mass is 16.5. The van der Waals surface area contributed by atoms with Crippen LogP contribution in [0.1, 0.15) is 34.5 Å². The van der Waals surface area contributed by atoms with Gasteiger partial charge >= 0.3 is 0 Å². The van der Waals surface area contributed by atoms with E-state index in [9.17, 15) is 4.79 Å². The maximum absolute atomic E-state index is 13.6. The molecule has 1 fully saturated rings. The van der Waals surface area contributed by atoms with Crippen LogP contribution < -0.4 is 9.47 Å². The minimum absolute atomic E-state index is 0.0210. The first-order chi connectivity index (χ1) is 17.2. The molecule has 1 aliphatic heterocycles. The fourth-order valence-corrected chi connectivity index (χ4v) is 4.80. The Morgan fingerprint density at radius 2 is 1.94 bits per heavy atom. The maximum Gasteiger partial charge on any atom is 0.257 e. The summed E-state index contributed by atoms with van der Waals surface area (Å²) in [6.07, 6.45) is 6.58. The average molecular weight is 468 g/mol. The summed E-state index contributed by atoms with van der Waals surface area (Å²) in [7, 11) is 1.59. The number of fused-ring (bicyclic) bond motifs is 1. The van der Waals surface area contributed by atoms with Gasteiger partial charge in [-0.25, -0.2) is 0 Å². The smallest absolute Gasteiger partial charge is 0.257 e. The van der Waals surface area contributed by atoms with Crippen molar-refractivity contribution in [1.29, 1.82) is 0 Å². The monoisotopic (exact) mass is 467 g/mol. The molecule has 0 saturated carbocycles. The SMILES string of the molecule is COc1cccc(C(=O)N2CCCC(Cc3ccc4ncccc4c3)C2)c1OCc1ccccn1. The quantitative estimate of drug-likeness (QED) is 0.368. The molecule has 5 rings (SSSR count). The van der Waals surface area contributed by atoms with Crippen molar-refractivity contribution in [2.24, 2.45) is 5.92 Å². The molecular formula is C29H29N3O3. The van der Waals surface area contributed by atoms with E-state index in [-0.39, 0.29) is 12.5 Å². The molecule has 1 saturated heterocycles. The highest BCUT2D eigenvalue weighted by Crippen LogP contribution is 2.34. The molecule has 1 unspecified atom stereocenters. The van der Waals surface area contributed by atoms with Gasteiger partial charge in [-0.3, -0.25) is 14.8 Å². The van der Waals surface area contributed by atoms with Crippen molar-refractivity contribution in [3.63, 3.8) is 0 Å². The number of piperidine rings is 1. The van der Waals surface area contributed by atoms with Crippen LogP contribution in [0, 0.1) is 5.92 Å². The third-order valence-corrected chi connectivity index (χ3v) is 6.52. The van der Waals surface area contributed by atoms with Gasteiger partial charge in [0.2, 0.25) is 0 Å². The van der Waals surface area contributed by atoms with Crippen LogP contribution in [0.2, 0.25) is 0 Å². The zero-order valence-corrected chi connectivity index (χ0v) is 19.9. The summed E-state index contributed by atoms with van der Waals surface area (Å²) in [5.74, 6) is 1.40. The largest absolute Gasteiger partial charge is 0.493 e. The lowest BCUT2D eigenvalue weighted by atomic mass is 9.90. The molecule has 1 amide bonds. The van der Waals surface area contributed by atoms with Crippen molar-refractivity contribution in [3.8, 4) is 11.5 Å². The molecule has 2 aromatic carbocycles. The van der Waals surface area contributed by atoms with Gasteiger partial charge in [0.15, 0.2) is 11.5 Å². The Bertz CT molecular complexity index is 1310. The molecular weight excluding hydrogens is 438 g/mol. The number of benzene rings is 2. The van der Waals surface area contributed by atoms with E-state index < -0.39 is 0 Å². The summed E-state index contributed by atoms with van der Waals surface area (Å²) in [6.45, 7) is 1.73. The summed E-state index contributed by atoms with van der Waals surface area (Å²) in [5, 5.41) is 1.15. The van der Waals surface area contributed by atoms with Crippen molar-refractivity contribution >= 4 is 16.8 Å². The molecule has 0 bridgehead atoms. The highest BCUT2D eigenvalue weighted by Gasteiger charge is 2.28. The molecule has 3 heterocycles. The molecule has 1 atom stereocenters. The lowest BCUT2D eigenvalue weighted by Crippen LogP contribution is -2.40. The van der Waals surface area contributed by atoms with Gasteiger partial charge in [-0.05, 0) is 73.2 Å². The Morgan fingerprint density at radius 1 is 1.03 bits per heavy atom.